The maximum Gasteiger partial charge on any atom is 0.325 e. The molecule has 2 aromatic rings. The van der Waals surface area contributed by atoms with Crippen LogP contribution in [-0.2, 0) is 15.1 Å². The summed E-state index contributed by atoms with van der Waals surface area (Å²) >= 11 is 0. The molecule has 0 aromatic heterocycles. The number of benzene rings is 2. The minimum absolute atomic E-state index is 0.154. The Bertz CT molecular complexity index is 882. The molecule has 1 aliphatic heterocycles. The van der Waals surface area contributed by atoms with Gasteiger partial charge in [-0.3, -0.25) is 14.5 Å². The molecule has 0 spiro atoms. The molecule has 0 saturated carbocycles. The van der Waals surface area contributed by atoms with Crippen LogP contribution in [0.2, 0.25) is 0 Å². The van der Waals surface area contributed by atoms with Crippen molar-refractivity contribution in [3.8, 4) is 0 Å². The number of hydrogen-bond donors (Lipinski definition) is 1. The average molecular weight is 338 g/mol. The highest BCUT2D eigenvalue weighted by Crippen LogP contribution is 2.31. The van der Waals surface area contributed by atoms with Crippen molar-refractivity contribution in [1.29, 1.82) is 0 Å². The van der Waals surface area contributed by atoms with E-state index in [1.54, 1.807) is 27.7 Å². The number of rotatable bonds is 3. The summed E-state index contributed by atoms with van der Waals surface area (Å²) < 4.78 is 0. The molecule has 1 atom stereocenters. The van der Waals surface area contributed by atoms with E-state index in [0.29, 0.717) is 5.56 Å². The van der Waals surface area contributed by atoms with Crippen molar-refractivity contribution in [2.24, 2.45) is 5.41 Å². The molecule has 0 aliphatic carbocycles. The van der Waals surface area contributed by atoms with Gasteiger partial charge in [-0.1, -0.05) is 57.2 Å². The molecule has 0 bridgehead atoms. The Hall–Kier alpha value is -2.69. The topological polar surface area (TPSA) is 66.5 Å². The van der Waals surface area contributed by atoms with Crippen LogP contribution in [0.1, 0.15) is 33.3 Å². The molecule has 1 N–H and O–H groups in total. The molecule has 25 heavy (non-hydrogen) atoms. The molecule has 3 rings (SSSR count). The van der Waals surface area contributed by atoms with Gasteiger partial charge in [0.15, 0.2) is 5.78 Å². The first-order valence-electron chi connectivity index (χ1n) is 8.29. The minimum atomic E-state index is -1.17. The number of imide groups is 1. The lowest BCUT2D eigenvalue weighted by Crippen LogP contribution is -2.42. The van der Waals surface area contributed by atoms with Crippen LogP contribution in [0, 0.1) is 5.41 Å². The fourth-order valence-electron chi connectivity index (χ4n) is 2.92. The largest absolute Gasteiger partial charge is 0.325 e. The maximum atomic E-state index is 12.9. The molecule has 3 amide bonds. The van der Waals surface area contributed by atoms with Gasteiger partial charge in [0.1, 0.15) is 5.54 Å². The van der Waals surface area contributed by atoms with Crippen molar-refractivity contribution in [2.45, 2.75) is 33.2 Å². The van der Waals surface area contributed by atoms with Crippen molar-refractivity contribution in [2.75, 3.05) is 6.54 Å². The van der Waals surface area contributed by atoms with Crippen molar-refractivity contribution in [3.05, 3.63) is 48.0 Å². The van der Waals surface area contributed by atoms with Crippen LogP contribution in [0.4, 0.5) is 4.79 Å². The zero-order valence-corrected chi connectivity index (χ0v) is 14.9. The monoisotopic (exact) mass is 338 g/mol. The van der Waals surface area contributed by atoms with E-state index in [9.17, 15) is 14.4 Å². The number of Topliss-reactive ketones (excluding diaryl/α,β-unsaturated/α-hetero) is 1. The predicted molar refractivity (Wildman–Crippen MR) is 96.0 cm³/mol. The number of hydrogen-bond acceptors (Lipinski definition) is 3. The molecule has 5 heteroatoms. The van der Waals surface area contributed by atoms with E-state index >= 15 is 0 Å². The van der Waals surface area contributed by atoms with E-state index in [2.05, 4.69) is 5.32 Å². The Morgan fingerprint density at radius 1 is 1.08 bits per heavy atom. The maximum absolute atomic E-state index is 12.9. The van der Waals surface area contributed by atoms with Crippen molar-refractivity contribution >= 4 is 28.5 Å². The van der Waals surface area contributed by atoms with Gasteiger partial charge in [-0.25, -0.2) is 4.79 Å². The zero-order chi connectivity index (χ0) is 18.4. The van der Waals surface area contributed by atoms with E-state index in [-0.39, 0.29) is 12.3 Å². The minimum Gasteiger partial charge on any atom is -0.319 e. The van der Waals surface area contributed by atoms with Crippen LogP contribution in [0.15, 0.2) is 42.5 Å². The van der Waals surface area contributed by atoms with Crippen LogP contribution < -0.4 is 5.32 Å². The predicted octanol–water partition coefficient (Wildman–Crippen LogP) is 3.22. The second-order valence-corrected chi connectivity index (χ2v) is 7.68. The third-order valence-corrected chi connectivity index (χ3v) is 4.74. The van der Waals surface area contributed by atoms with Crippen molar-refractivity contribution in [3.63, 3.8) is 0 Å². The van der Waals surface area contributed by atoms with Crippen LogP contribution in [0.25, 0.3) is 10.8 Å². The van der Waals surface area contributed by atoms with Crippen LogP contribution in [-0.4, -0.2) is 29.2 Å². The lowest BCUT2D eigenvalue weighted by molar-refractivity contribution is -0.136. The highest BCUT2D eigenvalue weighted by Gasteiger charge is 2.50. The molecule has 0 unspecified atom stereocenters. The second kappa shape index (κ2) is 5.69. The number of amides is 3. The van der Waals surface area contributed by atoms with Gasteiger partial charge in [0.25, 0.3) is 5.91 Å². The van der Waals surface area contributed by atoms with Crippen LogP contribution >= 0.6 is 0 Å². The third kappa shape index (κ3) is 2.90. The van der Waals surface area contributed by atoms with Gasteiger partial charge in [0, 0.05) is 5.41 Å². The van der Waals surface area contributed by atoms with E-state index < -0.39 is 22.9 Å². The van der Waals surface area contributed by atoms with Crippen molar-refractivity contribution < 1.29 is 14.4 Å². The number of fused-ring (bicyclic) bond motifs is 1. The first-order chi connectivity index (χ1) is 11.6. The SMILES string of the molecule is CC(C)(C)C(=O)CN1C(=O)N[C@](C)(c2ccc3ccccc3c2)C1=O. The Labute approximate surface area is 147 Å². The van der Waals surface area contributed by atoms with E-state index in [0.717, 1.165) is 15.7 Å². The number of ketones is 1. The van der Waals surface area contributed by atoms with E-state index in [1.807, 2.05) is 42.5 Å². The highest BCUT2D eigenvalue weighted by atomic mass is 16.2. The molecular weight excluding hydrogens is 316 g/mol. The molecule has 130 valence electrons. The molecule has 1 fully saturated rings. The highest BCUT2D eigenvalue weighted by molar-refractivity contribution is 6.10. The molecular formula is C20H22N2O3. The van der Waals surface area contributed by atoms with Gasteiger partial charge in [0.05, 0.1) is 6.54 Å². The second-order valence-electron chi connectivity index (χ2n) is 7.68. The van der Waals surface area contributed by atoms with Gasteiger partial charge in [0.2, 0.25) is 0 Å². The average Bonchev–Trinajstić information content (AvgIpc) is 2.77. The van der Waals surface area contributed by atoms with Crippen LogP contribution in [0.5, 0.6) is 0 Å². The lowest BCUT2D eigenvalue weighted by Gasteiger charge is -2.24. The van der Waals surface area contributed by atoms with Crippen molar-refractivity contribution in [1.82, 2.24) is 10.2 Å². The van der Waals surface area contributed by atoms with Gasteiger partial charge >= 0.3 is 6.03 Å². The molecule has 1 aliphatic rings. The van der Waals surface area contributed by atoms with Gasteiger partial charge in [-0.2, -0.15) is 0 Å². The van der Waals surface area contributed by atoms with Gasteiger partial charge in [-0.15, -0.1) is 0 Å². The Kier molecular flexibility index (Phi) is 3.90. The van der Waals surface area contributed by atoms with E-state index in [4.69, 9.17) is 0 Å². The number of urea groups is 1. The summed E-state index contributed by atoms with van der Waals surface area (Å²) in [6.07, 6.45) is 0. The number of nitrogens with one attached hydrogen (secondary N) is 1. The fourth-order valence-corrected chi connectivity index (χ4v) is 2.92. The zero-order valence-electron chi connectivity index (χ0n) is 14.9. The number of carbonyl (C=O) groups is 3. The molecule has 0 radical (unpaired) electrons. The number of nitrogens with zero attached hydrogens (tertiary/aromatic N) is 1. The molecule has 2 aromatic carbocycles. The smallest absolute Gasteiger partial charge is 0.319 e. The third-order valence-electron chi connectivity index (χ3n) is 4.74. The van der Waals surface area contributed by atoms with Crippen LogP contribution in [0.3, 0.4) is 0 Å². The number of carbonyl (C=O) groups excluding carboxylic acids is 3. The molecule has 1 heterocycles. The first kappa shape index (κ1) is 17.1. The lowest BCUT2D eigenvalue weighted by atomic mass is 9.89. The Balaban J connectivity index is 1.94. The summed E-state index contributed by atoms with van der Waals surface area (Å²) in [6.45, 7) is 6.79. The summed E-state index contributed by atoms with van der Waals surface area (Å²) in [5.74, 6) is -0.552. The normalized spacial score (nSPS) is 20.9. The fraction of sp³-hybridized carbons (Fsp3) is 0.350. The Morgan fingerprint density at radius 3 is 2.36 bits per heavy atom. The Morgan fingerprint density at radius 2 is 1.72 bits per heavy atom. The van der Waals surface area contributed by atoms with E-state index in [1.165, 1.54) is 0 Å². The summed E-state index contributed by atoms with van der Waals surface area (Å²) in [7, 11) is 0. The standard InChI is InChI=1S/C20H22N2O3/c1-19(2,3)16(23)12-22-17(24)20(4,21-18(22)25)15-10-9-13-7-5-6-8-14(13)11-15/h5-11H,12H2,1-4H3,(H,21,25)/t20-/m1/s1. The summed E-state index contributed by atoms with van der Waals surface area (Å²) in [5.41, 5.74) is -1.07. The van der Waals surface area contributed by atoms with Gasteiger partial charge in [-0.05, 0) is 29.3 Å². The molecule has 1 saturated heterocycles. The molecule has 5 nitrogen and oxygen atoms in total. The van der Waals surface area contributed by atoms with Gasteiger partial charge < -0.3 is 5.32 Å². The summed E-state index contributed by atoms with van der Waals surface area (Å²) in [4.78, 5) is 38.5. The summed E-state index contributed by atoms with van der Waals surface area (Å²) in [5, 5.41) is 4.81. The quantitative estimate of drug-likeness (QED) is 0.874. The first-order valence-corrected chi connectivity index (χ1v) is 8.29. The summed E-state index contributed by atoms with van der Waals surface area (Å²) in [6, 6.07) is 13.0.